The third kappa shape index (κ3) is 2.99. The quantitative estimate of drug-likeness (QED) is 0.882. The molecule has 0 saturated carbocycles. The van der Waals surface area contributed by atoms with Crippen LogP contribution in [0.2, 0.25) is 0 Å². The predicted octanol–water partition coefficient (Wildman–Crippen LogP) is 1.74. The minimum absolute atomic E-state index is 0.0280. The Labute approximate surface area is 118 Å². The van der Waals surface area contributed by atoms with Gasteiger partial charge in [0.05, 0.1) is 11.6 Å². The van der Waals surface area contributed by atoms with Gasteiger partial charge in [0.2, 0.25) is 5.91 Å². The van der Waals surface area contributed by atoms with E-state index in [0.717, 1.165) is 19.4 Å². The first-order chi connectivity index (χ1) is 9.50. The zero-order chi connectivity index (χ0) is 14.7. The summed E-state index contributed by atoms with van der Waals surface area (Å²) in [7, 11) is 1.72. The molecule has 0 bridgehead atoms. The third-order valence-electron chi connectivity index (χ3n) is 3.87. The summed E-state index contributed by atoms with van der Waals surface area (Å²) in [4.78, 5) is 24.9. The molecular formula is C15H20N2O3. The highest BCUT2D eigenvalue weighted by molar-refractivity contribution is 5.97. The van der Waals surface area contributed by atoms with Gasteiger partial charge in [-0.2, -0.15) is 0 Å². The summed E-state index contributed by atoms with van der Waals surface area (Å²) in [5.41, 5.74) is 0.929. The Balaban J connectivity index is 2.11. The zero-order valence-electron chi connectivity index (χ0n) is 11.8. The predicted molar refractivity (Wildman–Crippen MR) is 77.0 cm³/mol. The Morgan fingerprint density at radius 2 is 1.95 bits per heavy atom. The van der Waals surface area contributed by atoms with Crippen molar-refractivity contribution in [2.24, 2.45) is 5.92 Å². The van der Waals surface area contributed by atoms with Crippen molar-refractivity contribution < 1.29 is 14.7 Å². The number of aromatic carboxylic acids is 1. The number of rotatable bonds is 3. The van der Waals surface area contributed by atoms with Gasteiger partial charge < -0.3 is 15.3 Å². The standard InChI is InChI=1S/C15H20N2O3/c1-10-4-3-9-16-13(10)14(18)17(2)12-7-5-11(6-8-12)15(19)20/h5-8,10,13,16H,3-4,9H2,1-2H3,(H,19,20). The molecule has 0 aromatic heterocycles. The van der Waals surface area contributed by atoms with E-state index < -0.39 is 5.97 Å². The molecule has 1 aromatic carbocycles. The van der Waals surface area contributed by atoms with E-state index in [-0.39, 0.29) is 17.5 Å². The van der Waals surface area contributed by atoms with Gasteiger partial charge >= 0.3 is 5.97 Å². The van der Waals surface area contributed by atoms with E-state index in [0.29, 0.717) is 11.6 Å². The lowest BCUT2D eigenvalue weighted by atomic mass is 9.92. The van der Waals surface area contributed by atoms with Gasteiger partial charge in [0.1, 0.15) is 0 Å². The fourth-order valence-corrected chi connectivity index (χ4v) is 2.54. The number of hydrogen-bond acceptors (Lipinski definition) is 3. The third-order valence-corrected chi connectivity index (χ3v) is 3.87. The van der Waals surface area contributed by atoms with Crippen molar-refractivity contribution in [2.75, 3.05) is 18.5 Å². The summed E-state index contributed by atoms with van der Waals surface area (Å²) >= 11 is 0. The van der Waals surface area contributed by atoms with Gasteiger partial charge in [-0.25, -0.2) is 4.79 Å². The van der Waals surface area contributed by atoms with E-state index in [9.17, 15) is 9.59 Å². The topological polar surface area (TPSA) is 69.6 Å². The number of carboxylic acid groups (broad SMARTS) is 1. The summed E-state index contributed by atoms with van der Waals surface area (Å²) < 4.78 is 0. The van der Waals surface area contributed by atoms with Crippen LogP contribution in [-0.4, -0.2) is 36.6 Å². The van der Waals surface area contributed by atoms with Crippen LogP contribution in [0.1, 0.15) is 30.1 Å². The Bertz CT molecular complexity index is 498. The van der Waals surface area contributed by atoms with Gasteiger partial charge in [0.15, 0.2) is 0 Å². The first-order valence-electron chi connectivity index (χ1n) is 6.85. The molecule has 2 N–H and O–H groups in total. The highest BCUT2D eigenvalue weighted by atomic mass is 16.4. The largest absolute Gasteiger partial charge is 0.478 e. The van der Waals surface area contributed by atoms with E-state index in [1.54, 1.807) is 24.1 Å². The van der Waals surface area contributed by atoms with E-state index in [1.165, 1.54) is 12.1 Å². The van der Waals surface area contributed by atoms with Crippen molar-refractivity contribution >= 4 is 17.6 Å². The molecule has 1 aromatic rings. The summed E-state index contributed by atoms with van der Waals surface area (Å²) in [5, 5.41) is 12.1. The van der Waals surface area contributed by atoms with Crippen molar-refractivity contribution in [3.05, 3.63) is 29.8 Å². The van der Waals surface area contributed by atoms with Crippen molar-refractivity contribution in [3.8, 4) is 0 Å². The smallest absolute Gasteiger partial charge is 0.335 e. The number of amides is 1. The van der Waals surface area contributed by atoms with Crippen LogP contribution in [0.4, 0.5) is 5.69 Å². The van der Waals surface area contributed by atoms with Crippen LogP contribution in [0.3, 0.4) is 0 Å². The number of carboxylic acids is 1. The summed E-state index contributed by atoms with van der Waals surface area (Å²) in [5.74, 6) is -0.620. The van der Waals surface area contributed by atoms with Crippen LogP contribution in [0.15, 0.2) is 24.3 Å². The molecule has 2 unspecified atom stereocenters. The number of likely N-dealkylation sites (N-methyl/N-ethyl adjacent to an activating group) is 1. The lowest BCUT2D eigenvalue weighted by molar-refractivity contribution is -0.121. The molecule has 0 aliphatic carbocycles. The van der Waals surface area contributed by atoms with Gasteiger partial charge in [0.25, 0.3) is 0 Å². The van der Waals surface area contributed by atoms with Crippen molar-refractivity contribution in [1.29, 1.82) is 0 Å². The molecule has 1 amide bonds. The minimum atomic E-state index is -0.965. The average Bonchev–Trinajstić information content (AvgIpc) is 2.46. The van der Waals surface area contributed by atoms with E-state index in [4.69, 9.17) is 5.11 Å². The van der Waals surface area contributed by atoms with Crippen LogP contribution in [0.25, 0.3) is 0 Å². The molecule has 0 spiro atoms. The molecule has 2 rings (SSSR count). The second kappa shape index (κ2) is 6.05. The number of nitrogens with zero attached hydrogens (tertiary/aromatic N) is 1. The minimum Gasteiger partial charge on any atom is -0.478 e. The van der Waals surface area contributed by atoms with Gasteiger partial charge in [-0.05, 0) is 49.6 Å². The fourth-order valence-electron chi connectivity index (χ4n) is 2.54. The van der Waals surface area contributed by atoms with Crippen LogP contribution in [0.5, 0.6) is 0 Å². The second-order valence-corrected chi connectivity index (χ2v) is 5.30. The van der Waals surface area contributed by atoms with E-state index in [2.05, 4.69) is 12.2 Å². The van der Waals surface area contributed by atoms with Crippen LogP contribution in [0, 0.1) is 5.92 Å². The monoisotopic (exact) mass is 276 g/mol. The molecule has 5 heteroatoms. The first kappa shape index (κ1) is 14.5. The molecule has 2 atom stereocenters. The van der Waals surface area contributed by atoms with Gasteiger partial charge in [-0.1, -0.05) is 6.92 Å². The number of anilines is 1. The fraction of sp³-hybridized carbons (Fsp3) is 0.467. The Hall–Kier alpha value is -1.88. The van der Waals surface area contributed by atoms with Gasteiger partial charge in [-0.15, -0.1) is 0 Å². The maximum absolute atomic E-state index is 12.5. The molecule has 0 radical (unpaired) electrons. The highest BCUT2D eigenvalue weighted by Crippen LogP contribution is 2.20. The molecule has 20 heavy (non-hydrogen) atoms. The second-order valence-electron chi connectivity index (χ2n) is 5.30. The number of carbonyl (C=O) groups excluding carboxylic acids is 1. The summed E-state index contributed by atoms with van der Waals surface area (Å²) in [6.45, 7) is 2.95. The number of hydrogen-bond donors (Lipinski definition) is 2. The van der Waals surface area contributed by atoms with E-state index >= 15 is 0 Å². The van der Waals surface area contributed by atoms with Crippen molar-refractivity contribution in [3.63, 3.8) is 0 Å². The Kier molecular flexibility index (Phi) is 4.39. The van der Waals surface area contributed by atoms with Gasteiger partial charge in [-0.3, -0.25) is 4.79 Å². The molecule has 1 aliphatic heterocycles. The zero-order valence-corrected chi connectivity index (χ0v) is 11.8. The lowest BCUT2D eigenvalue weighted by Crippen LogP contribution is -2.51. The number of benzene rings is 1. The SMILES string of the molecule is CC1CCCNC1C(=O)N(C)c1ccc(C(=O)O)cc1. The maximum Gasteiger partial charge on any atom is 0.335 e. The molecular weight excluding hydrogens is 256 g/mol. The lowest BCUT2D eigenvalue weighted by Gasteiger charge is -2.32. The maximum atomic E-state index is 12.5. The van der Waals surface area contributed by atoms with Crippen LogP contribution < -0.4 is 10.2 Å². The van der Waals surface area contributed by atoms with Crippen LogP contribution >= 0.6 is 0 Å². The first-order valence-corrected chi connectivity index (χ1v) is 6.85. The van der Waals surface area contributed by atoms with Crippen molar-refractivity contribution in [2.45, 2.75) is 25.8 Å². The molecule has 5 nitrogen and oxygen atoms in total. The summed E-state index contributed by atoms with van der Waals surface area (Å²) in [6.07, 6.45) is 2.15. The molecule has 1 heterocycles. The molecule has 1 fully saturated rings. The Morgan fingerprint density at radius 1 is 1.30 bits per heavy atom. The number of carbonyl (C=O) groups is 2. The molecule has 108 valence electrons. The van der Waals surface area contributed by atoms with Crippen LogP contribution in [-0.2, 0) is 4.79 Å². The van der Waals surface area contributed by atoms with E-state index in [1.807, 2.05) is 0 Å². The summed E-state index contributed by atoms with van der Waals surface area (Å²) in [6, 6.07) is 6.19. The van der Waals surface area contributed by atoms with Gasteiger partial charge in [0, 0.05) is 12.7 Å². The molecule has 1 aliphatic rings. The molecule has 1 saturated heterocycles. The Morgan fingerprint density at radius 3 is 2.50 bits per heavy atom. The normalized spacial score (nSPS) is 22.3. The average molecular weight is 276 g/mol. The number of piperidine rings is 1. The van der Waals surface area contributed by atoms with Crippen molar-refractivity contribution in [1.82, 2.24) is 5.32 Å². The number of nitrogens with one attached hydrogen (secondary N) is 1. The highest BCUT2D eigenvalue weighted by Gasteiger charge is 2.30.